The lowest BCUT2D eigenvalue weighted by Crippen LogP contribution is -2.44. The number of benzene rings is 1. The van der Waals surface area contributed by atoms with E-state index in [4.69, 9.17) is 4.74 Å². The molecule has 1 N–H and O–H groups in total. The minimum atomic E-state index is -0.436. The Balaban J connectivity index is 1.71. The minimum Gasteiger partial charge on any atom is -0.480 e. The number of rotatable bonds is 4. The van der Waals surface area contributed by atoms with Gasteiger partial charge in [-0.15, -0.1) is 0 Å². The number of carbonyl (C=O) groups is 1. The van der Waals surface area contributed by atoms with Crippen molar-refractivity contribution in [1.29, 1.82) is 0 Å². The Morgan fingerprint density at radius 1 is 1.45 bits per heavy atom. The van der Waals surface area contributed by atoms with Crippen LogP contribution < -0.4 is 4.74 Å². The van der Waals surface area contributed by atoms with Crippen molar-refractivity contribution in [3.63, 3.8) is 0 Å². The van der Waals surface area contributed by atoms with Crippen LogP contribution in [0.15, 0.2) is 30.5 Å². The van der Waals surface area contributed by atoms with Gasteiger partial charge in [-0.2, -0.15) is 5.10 Å². The standard InChI is InChI=1S/C17H21N3O2/c1-3-15(22-16-7-5-4-6-12(16)2)17(21)20-9-8-14-13(11-20)10-18-19-14/h4-7,10,15H,3,8-9,11H2,1-2H3,(H,18,19)/t15-/m0/s1. The molecule has 1 atom stereocenters. The number of nitrogens with zero attached hydrogens (tertiary/aromatic N) is 2. The van der Waals surface area contributed by atoms with Gasteiger partial charge >= 0.3 is 0 Å². The smallest absolute Gasteiger partial charge is 0.263 e. The van der Waals surface area contributed by atoms with E-state index in [1.165, 1.54) is 0 Å². The summed E-state index contributed by atoms with van der Waals surface area (Å²) in [5.74, 6) is 0.835. The first-order valence-electron chi connectivity index (χ1n) is 7.71. The van der Waals surface area contributed by atoms with Crippen LogP contribution in [0.5, 0.6) is 5.75 Å². The van der Waals surface area contributed by atoms with Crippen LogP contribution in [0.3, 0.4) is 0 Å². The molecule has 1 aromatic carbocycles. The van der Waals surface area contributed by atoms with Crippen molar-refractivity contribution in [3.05, 3.63) is 47.3 Å². The highest BCUT2D eigenvalue weighted by Crippen LogP contribution is 2.22. The molecule has 22 heavy (non-hydrogen) atoms. The summed E-state index contributed by atoms with van der Waals surface area (Å²) < 4.78 is 5.96. The molecule has 5 heteroatoms. The summed E-state index contributed by atoms with van der Waals surface area (Å²) in [6, 6.07) is 7.80. The number of hydrogen-bond donors (Lipinski definition) is 1. The van der Waals surface area contributed by atoms with Crippen LogP contribution in [0, 0.1) is 6.92 Å². The van der Waals surface area contributed by atoms with Gasteiger partial charge in [0.15, 0.2) is 6.10 Å². The Labute approximate surface area is 130 Å². The van der Waals surface area contributed by atoms with Gasteiger partial charge in [0.2, 0.25) is 0 Å². The Hall–Kier alpha value is -2.30. The number of para-hydroxylation sites is 1. The molecular weight excluding hydrogens is 278 g/mol. The number of aromatic nitrogens is 2. The van der Waals surface area contributed by atoms with Crippen molar-refractivity contribution in [1.82, 2.24) is 15.1 Å². The van der Waals surface area contributed by atoms with E-state index >= 15 is 0 Å². The van der Waals surface area contributed by atoms with E-state index in [0.717, 1.165) is 29.0 Å². The molecule has 3 rings (SSSR count). The van der Waals surface area contributed by atoms with Gasteiger partial charge in [-0.25, -0.2) is 0 Å². The highest BCUT2D eigenvalue weighted by Gasteiger charge is 2.28. The average molecular weight is 299 g/mol. The van der Waals surface area contributed by atoms with Gasteiger partial charge in [0.05, 0.1) is 6.20 Å². The molecule has 2 aromatic rings. The lowest BCUT2D eigenvalue weighted by molar-refractivity contribution is -0.139. The summed E-state index contributed by atoms with van der Waals surface area (Å²) in [6.07, 6.45) is 2.84. The summed E-state index contributed by atoms with van der Waals surface area (Å²) >= 11 is 0. The molecule has 0 unspecified atom stereocenters. The number of aromatic amines is 1. The maximum Gasteiger partial charge on any atom is 0.263 e. The predicted molar refractivity (Wildman–Crippen MR) is 83.6 cm³/mol. The van der Waals surface area contributed by atoms with Crippen LogP contribution in [-0.2, 0) is 17.8 Å². The van der Waals surface area contributed by atoms with Gasteiger partial charge in [0.25, 0.3) is 5.91 Å². The molecule has 2 heterocycles. The van der Waals surface area contributed by atoms with Crippen LogP contribution in [0.1, 0.15) is 30.2 Å². The Morgan fingerprint density at radius 2 is 2.27 bits per heavy atom. The van der Waals surface area contributed by atoms with Crippen molar-refractivity contribution in [3.8, 4) is 5.75 Å². The van der Waals surface area contributed by atoms with E-state index in [1.54, 1.807) is 6.20 Å². The van der Waals surface area contributed by atoms with Crippen molar-refractivity contribution in [2.45, 2.75) is 39.3 Å². The minimum absolute atomic E-state index is 0.0533. The van der Waals surface area contributed by atoms with Gasteiger partial charge in [-0.05, 0) is 25.0 Å². The van der Waals surface area contributed by atoms with Gasteiger partial charge in [0, 0.05) is 30.8 Å². The highest BCUT2D eigenvalue weighted by atomic mass is 16.5. The third-order valence-electron chi connectivity index (χ3n) is 4.12. The molecular formula is C17H21N3O2. The SMILES string of the molecule is CC[C@H](Oc1ccccc1C)C(=O)N1CCc2[nH]ncc2C1. The number of hydrogen-bond acceptors (Lipinski definition) is 3. The number of nitrogens with one attached hydrogen (secondary N) is 1. The fraction of sp³-hybridized carbons (Fsp3) is 0.412. The maximum absolute atomic E-state index is 12.7. The zero-order chi connectivity index (χ0) is 15.5. The van der Waals surface area contributed by atoms with Crippen LogP contribution in [0.4, 0.5) is 0 Å². The predicted octanol–water partition coefficient (Wildman–Crippen LogP) is 2.46. The summed E-state index contributed by atoms with van der Waals surface area (Å²) in [4.78, 5) is 14.6. The highest BCUT2D eigenvalue weighted by molar-refractivity contribution is 5.81. The molecule has 1 aliphatic rings. The first kappa shape index (κ1) is 14.6. The summed E-state index contributed by atoms with van der Waals surface area (Å²) in [5, 5.41) is 7.04. The van der Waals surface area contributed by atoms with Crippen molar-refractivity contribution in [2.75, 3.05) is 6.54 Å². The number of aryl methyl sites for hydroxylation is 1. The van der Waals surface area contributed by atoms with Gasteiger partial charge in [-0.1, -0.05) is 25.1 Å². The fourth-order valence-electron chi connectivity index (χ4n) is 2.76. The summed E-state index contributed by atoms with van der Waals surface area (Å²) in [6.45, 7) is 5.29. The monoisotopic (exact) mass is 299 g/mol. The van der Waals surface area contributed by atoms with E-state index in [0.29, 0.717) is 19.5 Å². The zero-order valence-electron chi connectivity index (χ0n) is 13.0. The number of fused-ring (bicyclic) bond motifs is 1. The Bertz CT molecular complexity index is 665. The van der Waals surface area contributed by atoms with Gasteiger partial charge in [0.1, 0.15) is 5.75 Å². The van der Waals surface area contributed by atoms with E-state index < -0.39 is 6.10 Å². The topological polar surface area (TPSA) is 58.2 Å². The third kappa shape index (κ3) is 2.84. The quantitative estimate of drug-likeness (QED) is 0.943. The van der Waals surface area contributed by atoms with Gasteiger partial charge < -0.3 is 9.64 Å². The second kappa shape index (κ2) is 6.22. The molecule has 116 valence electrons. The van der Waals surface area contributed by atoms with Crippen LogP contribution >= 0.6 is 0 Å². The first-order chi connectivity index (χ1) is 10.7. The average Bonchev–Trinajstić information content (AvgIpc) is 3.01. The summed E-state index contributed by atoms with van der Waals surface area (Å²) in [7, 11) is 0. The molecule has 0 saturated carbocycles. The molecule has 0 aliphatic carbocycles. The second-order valence-electron chi connectivity index (χ2n) is 5.66. The molecule has 0 spiro atoms. The fourth-order valence-corrected chi connectivity index (χ4v) is 2.76. The van der Waals surface area contributed by atoms with Crippen LogP contribution in [0.2, 0.25) is 0 Å². The largest absolute Gasteiger partial charge is 0.480 e. The molecule has 1 amide bonds. The molecule has 1 aliphatic heterocycles. The maximum atomic E-state index is 12.7. The Morgan fingerprint density at radius 3 is 3.05 bits per heavy atom. The number of ether oxygens (including phenoxy) is 1. The first-order valence-corrected chi connectivity index (χ1v) is 7.71. The lowest BCUT2D eigenvalue weighted by Gasteiger charge is -2.30. The van der Waals surface area contributed by atoms with Crippen LogP contribution in [-0.4, -0.2) is 33.7 Å². The number of amides is 1. The third-order valence-corrected chi connectivity index (χ3v) is 4.12. The zero-order valence-corrected chi connectivity index (χ0v) is 13.0. The van der Waals surface area contributed by atoms with Gasteiger partial charge in [-0.3, -0.25) is 9.89 Å². The normalized spacial score (nSPS) is 15.3. The molecule has 0 saturated heterocycles. The second-order valence-corrected chi connectivity index (χ2v) is 5.66. The molecule has 0 radical (unpaired) electrons. The van der Waals surface area contributed by atoms with E-state index in [9.17, 15) is 4.79 Å². The van der Waals surface area contributed by atoms with Crippen LogP contribution in [0.25, 0.3) is 0 Å². The number of carbonyl (C=O) groups excluding carboxylic acids is 1. The van der Waals surface area contributed by atoms with E-state index in [-0.39, 0.29) is 5.91 Å². The van der Waals surface area contributed by atoms with Crippen molar-refractivity contribution in [2.24, 2.45) is 0 Å². The molecule has 0 bridgehead atoms. The lowest BCUT2D eigenvalue weighted by atomic mass is 10.1. The van der Waals surface area contributed by atoms with Crippen molar-refractivity contribution < 1.29 is 9.53 Å². The molecule has 1 aromatic heterocycles. The molecule has 5 nitrogen and oxygen atoms in total. The molecule has 0 fully saturated rings. The van der Waals surface area contributed by atoms with E-state index in [1.807, 2.05) is 43.0 Å². The number of H-pyrrole nitrogens is 1. The summed E-state index contributed by atoms with van der Waals surface area (Å²) in [5.41, 5.74) is 3.28. The van der Waals surface area contributed by atoms with E-state index in [2.05, 4.69) is 10.2 Å². The van der Waals surface area contributed by atoms with Crippen molar-refractivity contribution >= 4 is 5.91 Å². The Kier molecular flexibility index (Phi) is 4.13.